The van der Waals surface area contributed by atoms with Gasteiger partial charge in [-0.25, -0.2) is 9.97 Å². The van der Waals surface area contributed by atoms with E-state index < -0.39 is 5.91 Å². The maximum atomic E-state index is 11.6. The van der Waals surface area contributed by atoms with Gasteiger partial charge in [0.2, 0.25) is 5.76 Å². The molecule has 7 heteroatoms. The highest BCUT2D eigenvalue weighted by Gasteiger charge is 2.15. The lowest BCUT2D eigenvalue weighted by Crippen LogP contribution is -2.21. The monoisotopic (exact) mass is 285 g/mol. The molecule has 0 unspecified atom stereocenters. The number of hydrogen-bond donors (Lipinski definition) is 1. The average Bonchev–Trinajstić information content (AvgIpc) is 2.33. The number of carbonyl (C=O) groups is 1. The Morgan fingerprint density at radius 2 is 2.25 bits per heavy atom. The van der Waals surface area contributed by atoms with Crippen LogP contribution in [0.5, 0.6) is 0 Å². The lowest BCUT2D eigenvalue weighted by Gasteiger charge is -2.14. The zero-order chi connectivity index (χ0) is 11.4. The molecule has 0 saturated heterocycles. The summed E-state index contributed by atoms with van der Waals surface area (Å²) < 4.78 is 10.7. The van der Waals surface area contributed by atoms with Crippen LogP contribution in [0.4, 0.5) is 5.82 Å². The summed E-state index contributed by atoms with van der Waals surface area (Å²) in [6.45, 7) is 0.820. The van der Waals surface area contributed by atoms with Gasteiger partial charge >= 0.3 is 0 Å². The molecule has 6 nitrogen and oxygen atoms in total. The van der Waals surface area contributed by atoms with Crippen molar-refractivity contribution in [3.8, 4) is 0 Å². The topological polar surface area (TPSA) is 73.3 Å². The first kappa shape index (κ1) is 10.9. The summed E-state index contributed by atoms with van der Waals surface area (Å²) in [4.78, 5) is 19.5. The predicted octanol–water partition coefficient (Wildman–Crippen LogP) is 1.07. The van der Waals surface area contributed by atoms with E-state index in [0.717, 1.165) is 0 Å². The minimum absolute atomic E-state index is 0.135. The van der Waals surface area contributed by atoms with Crippen LogP contribution in [0, 0.1) is 0 Å². The molecule has 1 amide bonds. The van der Waals surface area contributed by atoms with Crippen molar-refractivity contribution in [2.75, 3.05) is 18.5 Å². The lowest BCUT2D eigenvalue weighted by atomic mass is 10.4. The van der Waals surface area contributed by atoms with Gasteiger partial charge in [-0.05, 0) is 15.9 Å². The van der Waals surface area contributed by atoms with E-state index in [2.05, 4.69) is 31.2 Å². The van der Waals surface area contributed by atoms with Crippen LogP contribution in [0.2, 0.25) is 0 Å². The molecule has 0 atom stereocenters. The Kier molecular flexibility index (Phi) is 3.35. The Bertz CT molecular complexity index is 419. The molecule has 16 heavy (non-hydrogen) atoms. The smallest absolute Gasteiger partial charge is 0.295 e. The van der Waals surface area contributed by atoms with Crippen LogP contribution < -0.4 is 5.32 Å². The second-order valence-corrected chi connectivity index (χ2v) is 3.69. The molecular weight excluding hydrogens is 278 g/mol. The van der Waals surface area contributed by atoms with E-state index >= 15 is 0 Å². The number of nitrogens with one attached hydrogen (secondary N) is 1. The van der Waals surface area contributed by atoms with Crippen molar-refractivity contribution < 1.29 is 14.3 Å². The molecule has 1 aromatic heterocycles. The van der Waals surface area contributed by atoms with Gasteiger partial charge in [-0.3, -0.25) is 4.79 Å². The number of hydrogen-bond acceptors (Lipinski definition) is 5. The minimum Gasteiger partial charge on any atom is -0.494 e. The van der Waals surface area contributed by atoms with E-state index in [9.17, 15) is 4.79 Å². The Labute approximate surface area is 99.8 Å². The Balaban J connectivity index is 2.01. The quantitative estimate of drug-likeness (QED) is 0.880. The van der Waals surface area contributed by atoms with Crippen LogP contribution in [0.15, 0.2) is 29.0 Å². The van der Waals surface area contributed by atoms with Gasteiger partial charge < -0.3 is 14.8 Å². The SMILES string of the molecule is O=C(Nc1cnc(Br)cn1)C1=COCCO1. The number of halogens is 1. The molecule has 84 valence electrons. The van der Waals surface area contributed by atoms with Gasteiger partial charge in [-0.1, -0.05) is 0 Å². The van der Waals surface area contributed by atoms with Crippen molar-refractivity contribution in [1.82, 2.24) is 9.97 Å². The fraction of sp³-hybridized carbons (Fsp3) is 0.222. The van der Waals surface area contributed by atoms with E-state index in [4.69, 9.17) is 9.47 Å². The maximum absolute atomic E-state index is 11.6. The molecule has 1 N–H and O–H groups in total. The van der Waals surface area contributed by atoms with Crippen molar-refractivity contribution >= 4 is 27.7 Å². The van der Waals surface area contributed by atoms with Gasteiger partial charge in [0, 0.05) is 0 Å². The molecule has 0 aliphatic carbocycles. The molecule has 2 rings (SSSR count). The predicted molar refractivity (Wildman–Crippen MR) is 58.3 cm³/mol. The minimum atomic E-state index is -0.406. The fourth-order valence-corrected chi connectivity index (χ4v) is 1.25. The zero-order valence-electron chi connectivity index (χ0n) is 8.14. The molecule has 0 aromatic carbocycles. The average molecular weight is 286 g/mol. The molecule has 2 heterocycles. The van der Waals surface area contributed by atoms with Gasteiger partial charge in [0.15, 0.2) is 5.82 Å². The van der Waals surface area contributed by atoms with E-state index in [-0.39, 0.29) is 5.76 Å². The summed E-state index contributed by atoms with van der Waals surface area (Å²) in [5, 5.41) is 2.53. The second-order valence-electron chi connectivity index (χ2n) is 2.88. The van der Waals surface area contributed by atoms with Gasteiger partial charge in [0.05, 0.1) is 12.4 Å². The zero-order valence-corrected chi connectivity index (χ0v) is 9.73. The highest BCUT2D eigenvalue weighted by molar-refractivity contribution is 9.10. The molecular formula is C9H8BrN3O3. The van der Waals surface area contributed by atoms with Crippen LogP contribution in [0.1, 0.15) is 0 Å². The fourth-order valence-electron chi connectivity index (χ4n) is 1.04. The summed E-state index contributed by atoms with van der Waals surface area (Å²) in [6, 6.07) is 0. The summed E-state index contributed by atoms with van der Waals surface area (Å²) in [6.07, 6.45) is 4.21. The molecule has 0 radical (unpaired) electrons. The highest BCUT2D eigenvalue weighted by atomic mass is 79.9. The molecule has 0 fully saturated rings. The van der Waals surface area contributed by atoms with Crippen molar-refractivity contribution in [3.05, 3.63) is 29.0 Å². The second kappa shape index (κ2) is 4.93. The molecule has 1 aromatic rings. The van der Waals surface area contributed by atoms with Crippen LogP contribution in [-0.2, 0) is 14.3 Å². The largest absolute Gasteiger partial charge is 0.494 e. The van der Waals surface area contributed by atoms with Crippen LogP contribution in [0.3, 0.4) is 0 Å². The maximum Gasteiger partial charge on any atom is 0.295 e. The molecule has 1 aliphatic heterocycles. The molecule has 0 saturated carbocycles. The van der Waals surface area contributed by atoms with Gasteiger partial charge in [0.25, 0.3) is 5.91 Å². The number of rotatable bonds is 2. The van der Waals surface area contributed by atoms with Gasteiger partial charge in [-0.15, -0.1) is 0 Å². The highest BCUT2D eigenvalue weighted by Crippen LogP contribution is 2.09. The molecule has 0 bridgehead atoms. The van der Waals surface area contributed by atoms with Crippen molar-refractivity contribution in [3.63, 3.8) is 0 Å². The van der Waals surface area contributed by atoms with E-state index in [1.54, 1.807) is 0 Å². The number of amides is 1. The van der Waals surface area contributed by atoms with Crippen molar-refractivity contribution in [2.24, 2.45) is 0 Å². The summed E-state index contributed by atoms with van der Waals surface area (Å²) in [7, 11) is 0. The van der Waals surface area contributed by atoms with Crippen LogP contribution in [-0.4, -0.2) is 29.1 Å². The van der Waals surface area contributed by atoms with Crippen molar-refractivity contribution in [2.45, 2.75) is 0 Å². The summed E-state index contributed by atoms with van der Waals surface area (Å²) in [5.41, 5.74) is 0. The number of aromatic nitrogens is 2. The van der Waals surface area contributed by atoms with Crippen molar-refractivity contribution in [1.29, 1.82) is 0 Å². The Morgan fingerprint density at radius 3 is 2.88 bits per heavy atom. The van der Waals surface area contributed by atoms with Crippen LogP contribution in [0.25, 0.3) is 0 Å². The standard InChI is InChI=1S/C9H8BrN3O3/c10-7-3-12-8(4-11-7)13-9(14)6-5-15-1-2-16-6/h3-5H,1-2H2,(H,12,13,14). The number of carbonyl (C=O) groups excluding carboxylic acids is 1. The number of nitrogens with zero attached hydrogens (tertiary/aromatic N) is 2. The third kappa shape index (κ3) is 2.69. The first-order chi connectivity index (χ1) is 7.75. The first-order valence-corrected chi connectivity index (χ1v) is 5.28. The molecule has 1 aliphatic rings. The van der Waals surface area contributed by atoms with Gasteiger partial charge in [-0.2, -0.15) is 0 Å². The Hall–Kier alpha value is -1.63. The van der Waals surface area contributed by atoms with Crippen LogP contribution >= 0.6 is 15.9 Å². The summed E-state index contributed by atoms with van der Waals surface area (Å²) in [5.74, 6) is 0.0792. The summed E-state index contributed by atoms with van der Waals surface area (Å²) >= 11 is 3.15. The van der Waals surface area contributed by atoms with E-state index in [1.807, 2.05) is 0 Å². The third-order valence-corrected chi connectivity index (χ3v) is 2.14. The molecule has 0 spiro atoms. The Morgan fingerprint density at radius 1 is 1.38 bits per heavy atom. The number of ether oxygens (including phenoxy) is 2. The van der Waals surface area contributed by atoms with E-state index in [1.165, 1.54) is 18.7 Å². The first-order valence-electron chi connectivity index (χ1n) is 4.49. The van der Waals surface area contributed by atoms with E-state index in [0.29, 0.717) is 23.6 Å². The third-order valence-electron chi connectivity index (χ3n) is 1.73. The number of anilines is 1. The normalized spacial score (nSPS) is 14.4. The lowest BCUT2D eigenvalue weighted by molar-refractivity contribution is -0.117. The van der Waals surface area contributed by atoms with Gasteiger partial charge in [0.1, 0.15) is 24.1 Å².